The van der Waals surface area contributed by atoms with Gasteiger partial charge in [0, 0.05) is 24.0 Å². The van der Waals surface area contributed by atoms with Gasteiger partial charge in [-0.1, -0.05) is 87.0 Å². The van der Waals surface area contributed by atoms with Gasteiger partial charge < -0.3 is 15.0 Å². The lowest BCUT2D eigenvalue weighted by atomic mass is 9.87. The van der Waals surface area contributed by atoms with Crippen LogP contribution in [0.5, 0.6) is 5.75 Å². The molecule has 0 heterocycles. The van der Waals surface area contributed by atoms with Crippen LogP contribution in [0.2, 0.25) is 5.02 Å². The Labute approximate surface area is 225 Å². The van der Waals surface area contributed by atoms with E-state index in [1.54, 1.807) is 11.0 Å². The molecule has 6 heteroatoms. The number of ether oxygens (including phenoxy) is 1. The zero-order chi connectivity index (χ0) is 27.0. The first-order valence-corrected chi connectivity index (χ1v) is 13.0. The average Bonchev–Trinajstić information content (AvgIpc) is 2.84. The summed E-state index contributed by atoms with van der Waals surface area (Å²) in [6.07, 6.45) is 0.381. The summed E-state index contributed by atoms with van der Waals surface area (Å²) in [5.41, 5.74) is 3.01. The molecule has 3 aromatic carbocycles. The lowest BCUT2D eigenvalue weighted by Gasteiger charge is -2.32. The maximum atomic E-state index is 13.6. The topological polar surface area (TPSA) is 58.6 Å². The third kappa shape index (κ3) is 8.64. The Morgan fingerprint density at radius 3 is 2.16 bits per heavy atom. The van der Waals surface area contributed by atoms with E-state index in [-0.39, 0.29) is 36.4 Å². The molecule has 0 saturated heterocycles. The Kier molecular flexibility index (Phi) is 9.76. The smallest absolute Gasteiger partial charge is 0.261 e. The molecule has 0 aromatic heterocycles. The van der Waals surface area contributed by atoms with E-state index in [1.165, 1.54) is 5.56 Å². The molecule has 0 unspecified atom stereocenters. The molecular weight excluding hydrogens is 484 g/mol. The number of benzene rings is 3. The maximum Gasteiger partial charge on any atom is 0.261 e. The first-order chi connectivity index (χ1) is 17.5. The van der Waals surface area contributed by atoms with Gasteiger partial charge in [-0.3, -0.25) is 9.59 Å². The van der Waals surface area contributed by atoms with Crippen LogP contribution >= 0.6 is 11.6 Å². The van der Waals surface area contributed by atoms with Gasteiger partial charge in [-0.25, -0.2) is 0 Å². The largest absolute Gasteiger partial charge is 0.484 e. The molecule has 0 saturated carbocycles. The molecule has 0 fully saturated rings. The predicted molar refractivity (Wildman–Crippen MR) is 150 cm³/mol. The Morgan fingerprint density at radius 1 is 0.919 bits per heavy atom. The number of amides is 2. The number of nitrogens with one attached hydrogen (secondary N) is 1. The first-order valence-electron chi connectivity index (χ1n) is 12.6. The number of hydrogen-bond acceptors (Lipinski definition) is 3. The highest BCUT2D eigenvalue weighted by atomic mass is 35.5. The molecule has 0 aliphatic rings. The Hall–Kier alpha value is -3.31. The average molecular weight is 521 g/mol. The quantitative estimate of drug-likeness (QED) is 0.347. The lowest BCUT2D eigenvalue weighted by molar-refractivity contribution is -0.143. The van der Waals surface area contributed by atoms with Crippen molar-refractivity contribution in [2.45, 2.75) is 65.1 Å². The van der Waals surface area contributed by atoms with E-state index in [2.05, 4.69) is 26.1 Å². The molecule has 0 aliphatic carbocycles. The minimum Gasteiger partial charge on any atom is -0.484 e. The summed E-state index contributed by atoms with van der Waals surface area (Å²) in [7, 11) is 0. The summed E-state index contributed by atoms with van der Waals surface area (Å²) in [4.78, 5) is 28.6. The van der Waals surface area contributed by atoms with Crippen LogP contribution in [-0.2, 0) is 28.0 Å². The van der Waals surface area contributed by atoms with E-state index in [1.807, 2.05) is 86.6 Å². The monoisotopic (exact) mass is 520 g/mol. The highest BCUT2D eigenvalue weighted by Gasteiger charge is 2.31. The van der Waals surface area contributed by atoms with Crippen LogP contribution in [0.25, 0.3) is 0 Å². The lowest BCUT2D eigenvalue weighted by Crippen LogP contribution is -2.52. The van der Waals surface area contributed by atoms with Gasteiger partial charge in [0.1, 0.15) is 11.8 Å². The van der Waals surface area contributed by atoms with Crippen molar-refractivity contribution in [2.75, 3.05) is 6.61 Å². The summed E-state index contributed by atoms with van der Waals surface area (Å²) < 4.78 is 5.89. The zero-order valence-electron chi connectivity index (χ0n) is 22.3. The Bertz CT molecular complexity index is 1170. The summed E-state index contributed by atoms with van der Waals surface area (Å²) in [6.45, 7) is 10.3. The fourth-order valence-electron chi connectivity index (χ4n) is 4.05. The van der Waals surface area contributed by atoms with Crippen molar-refractivity contribution in [3.05, 3.63) is 101 Å². The molecule has 196 valence electrons. The molecule has 0 aliphatic heterocycles. The van der Waals surface area contributed by atoms with E-state index < -0.39 is 6.04 Å². The van der Waals surface area contributed by atoms with E-state index in [9.17, 15) is 9.59 Å². The summed E-state index contributed by atoms with van der Waals surface area (Å²) >= 11 is 6.23. The minimum atomic E-state index is -0.719. The molecule has 0 radical (unpaired) electrons. The first kappa shape index (κ1) is 28.3. The Balaban J connectivity index is 1.88. The zero-order valence-corrected chi connectivity index (χ0v) is 23.1. The van der Waals surface area contributed by atoms with Gasteiger partial charge in [0.2, 0.25) is 5.91 Å². The molecule has 0 bridgehead atoms. The van der Waals surface area contributed by atoms with Gasteiger partial charge in [-0.2, -0.15) is 0 Å². The predicted octanol–water partition coefficient (Wildman–Crippen LogP) is 6.18. The number of halogens is 1. The van der Waals surface area contributed by atoms with Crippen molar-refractivity contribution in [1.82, 2.24) is 10.2 Å². The molecule has 1 atom stereocenters. The van der Waals surface area contributed by atoms with E-state index in [0.29, 0.717) is 17.2 Å². The van der Waals surface area contributed by atoms with Crippen LogP contribution in [0.4, 0.5) is 0 Å². The SMILES string of the molecule is CC(C)NC(=O)[C@@H](Cc1ccccc1)N(Cc1cccc(Cl)c1)C(=O)COc1ccc(C(C)(C)C)cc1. The second-order valence-electron chi connectivity index (χ2n) is 10.6. The highest BCUT2D eigenvalue weighted by molar-refractivity contribution is 6.30. The van der Waals surface area contributed by atoms with Gasteiger partial charge in [0.05, 0.1) is 0 Å². The molecule has 2 amide bonds. The molecule has 37 heavy (non-hydrogen) atoms. The van der Waals surface area contributed by atoms with Crippen LogP contribution in [0, 0.1) is 0 Å². The molecule has 3 rings (SSSR count). The number of hydrogen-bond donors (Lipinski definition) is 1. The van der Waals surface area contributed by atoms with Gasteiger partial charge in [-0.05, 0) is 60.2 Å². The second-order valence-corrected chi connectivity index (χ2v) is 11.0. The third-order valence-electron chi connectivity index (χ3n) is 6.03. The summed E-state index contributed by atoms with van der Waals surface area (Å²) in [5.74, 6) is 0.124. The van der Waals surface area contributed by atoms with Crippen molar-refractivity contribution in [1.29, 1.82) is 0 Å². The summed E-state index contributed by atoms with van der Waals surface area (Å²) in [6, 6.07) is 24.1. The van der Waals surface area contributed by atoms with Gasteiger partial charge in [0.15, 0.2) is 6.61 Å². The Morgan fingerprint density at radius 2 is 1.57 bits per heavy atom. The number of carbonyl (C=O) groups excluding carboxylic acids is 2. The summed E-state index contributed by atoms with van der Waals surface area (Å²) in [5, 5.41) is 3.57. The second kappa shape index (κ2) is 12.8. The minimum absolute atomic E-state index is 0.0243. The van der Waals surface area contributed by atoms with Crippen molar-refractivity contribution >= 4 is 23.4 Å². The fraction of sp³-hybridized carbons (Fsp3) is 0.355. The van der Waals surface area contributed by atoms with Crippen LogP contribution in [0.15, 0.2) is 78.9 Å². The van der Waals surface area contributed by atoms with Crippen LogP contribution < -0.4 is 10.1 Å². The third-order valence-corrected chi connectivity index (χ3v) is 6.26. The normalized spacial score (nSPS) is 12.2. The van der Waals surface area contributed by atoms with Crippen molar-refractivity contribution in [3.63, 3.8) is 0 Å². The van der Waals surface area contributed by atoms with E-state index >= 15 is 0 Å². The van der Waals surface area contributed by atoms with Gasteiger partial charge in [0.25, 0.3) is 5.91 Å². The molecular formula is C31H37ClN2O3. The molecule has 3 aromatic rings. The molecule has 0 spiro atoms. The van der Waals surface area contributed by atoms with Crippen molar-refractivity contribution in [3.8, 4) is 5.75 Å². The van der Waals surface area contributed by atoms with Gasteiger partial charge >= 0.3 is 0 Å². The van der Waals surface area contributed by atoms with Crippen LogP contribution in [0.1, 0.15) is 51.3 Å². The highest BCUT2D eigenvalue weighted by Crippen LogP contribution is 2.24. The van der Waals surface area contributed by atoms with Crippen molar-refractivity contribution in [2.24, 2.45) is 0 Å². The van der Waals surface area contributed by atoms with Crippen molar-refractivity contribution < 1.29 is 14.3 Å². The van der Waals surface area contributed by atoms with Crippen LogP contribution in [-0.4, -0.2) is 35.4 Å². The van der Waals surface area contributed by atoms with Gasteiger partial charge in [-0.15, -0.1) is 0 Å². The molecule has 5 nitrogen and oxygen atoms in total. The standard InChI is InChI=1S/C31H37ClN2O3/c1-22(2)33-30(36)28(19-23-10-7-6-8-11-23)34(20-24-12-9-13-26(32)18-24)29(35)21-37-27-16-14-25(15-17-27)31(3,4)5/h6-18,22,28H,19-21H2,1-5H3,(H,33,36)/t28-/m1/s1. The number of nitrogens with zero attached hydrogens (tertiary/aromatic N) is 1. The van der Waals surface area contributed by atoms with Crippen LogP contribution in [0.3, 0.4) is 0 Å². The maximum absolute atomic E-state index is 13.6. The van der Waals surface area contributed by atoms with E-state index in [4.69, 9.17) is 16.3 Å². The molecule has 1 N–H and O–H groups in total. The van der Waals surface area contributed by atoms with E-state index in [0.717, 1.165) is 11.1 Å². The number of rotatable bonds is 10. The fourth-order valence-corrected chi connectivity index (χ4v) is 4.26. The number of carbonyl (C=O) groups is 2.